The lowest BCUT2D eigenvalue weighted by Gasteiger charge is -2.21. The van der Waals surface area contributed by atoms with Crippen molar-refractivity contribution >= 4 is 8.32 Å². The van der Waals surface area contributed by atoms with E-state index in [4.69, 9.17) is 0 Å². The van der Waals surface area contributed by atoms with Crippen molar-refractivity contribution in [2.75, 3.05) is 0 Å². The van der Waals surface area contributed by atoms with Gasteiger partial charge in [-0.1, -0.05) is 27.2 Å². The maximum absolute atomic E-state index is 9.71. The highest BCUT2D eigenvalue weighted by molar-refractivity contribution is 6.69. The molecule has 0 aliphatic rings. The van der Waals surface area contributed by atoms with Crippen molar-refractivity contribution in [2.45, 2.75) is 52.8 Å². The van der Waals surface area contributed by atoms with E-state index in [1.54, 1.807) is 0 Å². The Morgan fingerprint density at radius 3 is 2.00 bits per heavy atom. The van der Waals surface area contributed by atoms with Gasteiger partial charge < -0.3 is 4.80 Å². The molecule has 0 aromatic heterocycles. The van der Waals surface area contributed by atoms with Crippen molar-refractivity contribution in [1.82, 2.24) is 0 Å². The summed E-state index contributed by atoms with van der Waals surface area (Å²) in [5.41, 5.74) is 0. The van der Waals surface area contributed by atoms with Crippen LogP contribution in [0.4, 0.5) is 0 Å². The average Bonchev–Trinajstić information content (AvgIpc) is 1.82. The van der Waals surface area contributed by atoms with E-state index in [2.05, 4.69) is 20.8 Å². The maximum Gasteiger partial charge on any atom is 0.182 e. The van der Waals surface area contributed by atoms with E-state index in [0.717, 1.165) is 12.0 Å². The first-order valence-electron chi connectivity index (χ1n) is 5.07. The second-order valence-corrected chi connectivity index (χ2v) is 8.90. The Morgan fingerprint density at radius 1 is 1.17 bits per heavy atom. The van der Waals surface area contributed by atoms with E-state index in [1.165, 1.54) is 12.8 Å². The first-order chi connectivity index (χ1) is 5.35. The van der Waals surface area contributed by atoms with Crippen molar-refractivity contribution in [3.8, 4) is 0 Å². The van der Waals surface area contributed by atoms with Crippen LogP contribution in [-0.4, -0.2) is 13.1 Å². The Balaban J connectivity index is 3.66. The van der Waals surface area contributed by atoms with Gasteiger partial charge in [0.25, 0.3) is 0 Å². The van der Waals surface area contributed by atoms with Gasteiger partial charge in [-0.3, -0.25) is 0 Å². The average molecular weight is 188 g/mol. The molecule has 2 atom stereocenters. The normalized spacial score (nSPS) is 17.5. The second kappa shape index (κ2) is 5.03. The lowest BCUT2D eigenvalue weighted by Crippen LogP contribution is -2.27. The van der Waals surface area contributed by atoms with Crippen molar-refractivity contribution in [3.63, 3.8) is 0 Å². The summed E-state index contributed by atoms with van der Waals surface area (Å²) in [6, 6.07) is 1.05. The highest BCUT2D eigenvalue weighted by Crippen LogP contribution is 2.22. The van der Waals surface area contributed by atoms with Crippen LogP contribution in [-0.2, 0) is 0 Å². The van der Waals surface area contributed by atoms with Gasteiger partial charge in [-0.2, -0.15) is 0 Å². The van der Waals surface area contributed by atoms with Gasteiger partial charge in [0, 0.05) is 0 Å². The van der Waals surface area contributed by atoms with Crippen LogP contribution in [0.25, 0.3) is 0 Å². The van der Waals surface area contributed by atoms with E-state index in [9.17, 15) is 4.80 Å². The second-order valence-electron chi connectivity index (χ2n) is 4.87. The van der Waals surface area contributed by atoms with Gasteiger partial charge in [0.15, 0.2) is 8.32 Å². The summed E-state index contributed by atoms with van der Waals surface area (Å²) in [6.45, 7) is 10.8. The summed E-state index contributed by atoms with van der Waals surface area (Å²) in [7, 11) is -1.80. The molecule has 2 heteroatoms. The predicted molar refractivity (Wildman–Crippen MR) is 57.7 cm³/mol. The molecule has 0 aliphatic heterocycles. The van der Waals surface area contributed by atoms with Crippen LogP contribution >= 0.6 is 0 Å². The molecule has 12 heavy (non-hydrogen) atoms. The molecule has 1 N–H and O–H groups in total. The van der Waals surface area contributed by atoms with Gasteiger partial charge in [0.1, 0.15) is 0 Å². The van der Waals surface area contributed by atoms with E-state index in [-0.39, 0.29) is 0 Å². The van der Waals surface area contributed by atoms with Crippen molar-refractivity contribution in [2.24, 2.45) is 11.8 Å². The van der Waals surface area contributed by atoms with Crippen LogP contribution in [0.2, 0.25) is 19.1 Å². The summed E-state index contributed by atoms with van der Waals surface area (Å²) in [6.07, 6.45) is 2.53. The van der Waals surface area contributed by atoms with Crippen molar-refractivity contribution < 1.29 is 4.80 Å². The lowest BCUT2D eigenvalue weighted by atomic mass is 9.97. The Morgan fingerprint density at radius 2 is 1.67 bits per heavy atom. The molecule has 0 bridgehead atoms. The molecule has 0 aromatic rings. The van der Waals surface area contributed by atoms with Crippen LogP contribution in [0.5, 0.6) is 0 Å². The van der Waals surface area contributed by atoms with Crippen LogP contribution in [0, 0.1) is 11.8 Å². The Labute approximate surface area is 78.3 Å². The fraction of sp³-hybridized carbons (Fsp3) is 1.00. The van der Waals surface area contributed by atoms with Gasteiger partial charge in [-0.25, -0.2) is 0 Å². The van der Waals surface area contributed by atoms with Crippen LogP contribution < -0.4 is 0 Å². The molecular formula is C10H24OSi. The van der Waals surface area contributed by atoms with E-state index in [0.29, 0.717) is 5.92 Å². The molecule has 1 unspecified atom stereocenters. The van der Waals surface area contributed by atoms with E-state index >= 15 is 0 Å². The molecule has 0 saturated carbocycles. The molecule has 0 amide bonds. The Hall–Kier alpha value is 0.177. The monoisotopic (exact) mass is 188 g/mol. The summed E-state index contributed by atoms with van der Waals surface area (Å²) >= 11 is 0. The van der Waals surface area contributed by atoms with Gasteiger partial charge >= 0.3 is 0 Å². The number of hydrogen-bond acceptors (Lipinski definition) is 1. The van der Waals surface area contributed by atoms with E-state index < -0.39 is 8.32 Å². The van der Waals surface area contributed by atoms with Gasteiger partial charge in [-0.15, -0.1) is 0 Å². The molecular weight excluding hydrogens is 164 g/mol. The fourth-order valence-corrected chi connectivity index (χ4v) is 3.66. The Bertz CT molecular complexity index is 117. The zero-order valence-corrected chi connectivity index (χ0v) is 10.2. The van der Waals surface area contributed by atoms with Crippen molar-refractivity contribution in [1.29, 1.82) is 0 Å². The quantitative estimate of drug-likeness (QED) is 0.657. The predicted octanol–water partition coefficient (Wildman–Crippen LogP) is 3.26. The molecule has 0 heterocycles. The zero-order chi connectivity index (χ0) is 9.78. The molecule has 0 rings (SSSR count). The third kappa shape index (κ3) is 6.86. The first-order valence-corrected chi connectivity index (χ1v) is 8.23. The molecule has 0 saturated heterocycles. The summed E-state index contributed by atoms with van der Waals surface area (Å²) < 4.78 is 0. The highest BCUT2D eigenvalue weighted by Gasteiger charge is 2.21. The minimum absolute atomic E-state index is 0.701. The minimum atomic E-state index is -1.80. The standard InChI is InChI=1S/C10H24OSi/c1-6-9(2)7-10(3)8-12(4,5)11/h9-11H,6-8H2,1-5H3/t9?,10-/m0/s1. The SMILES string of the molecule is CCC(C)C[C@H](C)C[Si](C)(C)O. The van der Waals surface area contributed by atoms with Crippen molar-refractivity contribution in [3.05, 3.63) is 0 Å². The summed E-state index contributed by atoms with van der Waals surface area (Å²) in [4.78, 5) is 9.71. The van der Waals surface area contributed by atoms with Crippen LogP contribution in [0.1, 0.15) is 33.6 Å². The number of hydrogen-bond donors (Lipinski definition) is 1. The molecule has 1 nitrogen and oxygen atoms in total. The zero-order valence-electron chi connectivity index (χ0n) is 9.22. The first kappa shape index (κ1) is 12.2. The topological polar surface area (TPSA) is 20.2 Å². The highest BCUT2D eigenvalue weighted by atomic mass is 28.4. The Kier molecular flexibility index (Phi) is 5.10. The van der Waals surface area contributed by atoms with Crippen LogP contribution in [0.3, 0.4) is 0 Å². The molecule has 0 fully saturated rings. The third-order valence-electron chi connectivity index (χ3n) is 2.35. The van der Waals surface area contributed by atoms with E-state index in [1.807, 2.05) is 13.1 Å². The minimum Gasteiger partial charge on any atom is -0.432 e. The molecule has 74 valence electrons. The van der Waals surface area contributed by atoms with Gasteiger partial charge in [-0.05, 0) is 37.4 Å². The van der Waals surface area contributed by atoms with Gasteiger partial charge in [0.05, 0.1) is 0 Å². The summed E-state index contributed by atoms with van der Waals surface area (Å²) in [5, 5.41) is 0. The maximum atomic E-state index is 9.71. The molecule has 0 radical (unpaired) electrons. The molecule has 0 aromatic carbocycles. The van der Waals surface area contributed by atoms with Crippen LogP contribution in [0.15, 0.2) is 0 Å². The summed E-state index contributed by atoms with van der Waals surface area (Å²) in [5.74, 6) is 1.52. The smallest absolute Gasteiger partial charge is 0.182 e. The third-order valence-corrected chi connectivity index (χ3v) is 4.05. The van der Waals surface area contributed by atoms with Gasteiger partial charge in [0.2, 0.25) is 0 Å². The largest absolute Gasteiger partial charge is 0.432 e. The lowest BCUT2D eigenvalue weighted by molar-refractivity contribution is 0.412. The molecule has 0 spiro atoms. The number of rotatable bonds is 5. The molecule has 0 aliphatic carbocycles. The fourth-order valence-electron chi connectivity index (χ4n) is 1.79.